The molecule has 4 unspecified atom stereocenters. The minimum absolute atomic E-state index is 0.00320. The average Bonchev–Trinajstić information content (AvgIpc) is 1.63. The highest BCUT2D eigenvalue weighted by Gasteiger charge is 2.37. The molecule has 0 radical (unpaired) electrons. The molecular weight excluding hydrogens is 1720 g/mol. The van der Waals surface area contributed by atoms with Crippen LogP contribution in [-0.2, 0) is 75.1 Å². The molecule has 3 saturated carbocycles. The molecule has 23 rings (SSSR count). The summed E-state index contributed by atoms with van der Waals surface area (Å²) in [7, 11) is 2.71. The van der Waals surface area contributed by atoms with Gasteiger partial charge in [-0.05, 0) is 325 Å². The summed E-state index contributed by atoms with van der Waals surface area (Å²) in [6, 6.07) is 63.0. The van der Waals surface area contributed by atoms with Crippen LogP contribution in [0.1, 0.15) is 262 Å². The second-order valence-corrected chi connectivity index (χ2v) is 39.9. The van der Waals surface area contributed by atoms with Crippen LogP contribution in [0.25, 0.3) is 80.0 Å². The van der Waals surface area contributed by atoms with Gasteiger partial charge in [-0.2, -0.15) is 0 Å². The zero-order chi connectivity index (χ0) is 96.4. The monoisotopic (exact) mass is 1840 g/mol. The van der Waals surface area contributed by atoms with Gasteiger partial charge in [0, 0.05) is 91.2 Å². The van der Waals surface area contributed by atoms with E-state index in [4.69, 9.17) is 0 Å². The van der Waals surface area contributed by atoms with E-state index < -0.39 is 11.9 Å². The average molecular weight is 1840 g/mol. The summed E-state index contributed by atoms with van der Waals surface area (Å²) in [6.07, 6.45) is 35.6. The third-order valence-corrected chi connectivity index (χ3v) is 29.8. The zero-order valence-electron chi connectivity index (χ0n) is 80.6. The lowest BCUT2D eigenvalue weighted by molar-refractivity contribution is -0.135. The molecule has 3 fully saturated rings. The standard InChI is InChI=1S/C27H27NO.2C26H27NO2.2C22H19NO3/c1-18-6-8-20-16-22-23(21(20)14-18)17-26(29)28-25-9-7-19(15-24(22)25)10-13-27(2)11-4-3-5-12-27;2*1-16-6-9-19-14-21-22(20(19)12-16)15-26(29)27-24-11-8-17(13-23(21)24)7-10-18-4-2-3-5-25(18)28;2*1-13-3-6-15-11-17-18(16(15)9-13)12-21(24)23-20-7-4-14(10-19(17)20)5-8-22(25)26-2/h6-9,14-15H,3-5,11-12,16-17H2,1-2H3,(H,28,29);2*6-13,18,25,28H,2-5,14-15H2,1H3,(H,27,29);2*3-10H,11-12H2,1-2H3,(H,23,24)/b;10-7+;10-7-;8-5+;8-5-. The van der Waals surface area contributed by atoms with E-state index in [1.165, 1.54) is 199 Å². The zero-order valence-corrected chi connectivity index (χ0v) is 80.6. The minimum atomic E-state index is -0.392. The van der Waals surface area contributed by atoms with Crippen LogP contribution >= 0.6 is 0 Å². The molecule has 7 N–H and O–H groups in total. The number of aliphatic hydroxyl groups excluding tert-OH is 2. The van der Waals surface area contributed by atoms with Crippen molar-refractivity contribution in [3.8, 4) is 11.8 Å². The van der Waals surface area contributed by atoms with Crippen LogP contribution < -0.4 is 26.6 Å². The molecule has 0 bridgehead atoms. The number of allylic oxidation sites excluding steroid dienone is 5. The van der Waals surface area contributed by atoms with Crippen molar-refractivity contribution in [2.24, 2.45) is 17.3 Å². The molecule has 10 aromatic rings. The van der Waals surface area contributed by atoms with Crippen molar-refractivity contribution in [3.63, 3.8) is 0 Å². The van der Waals surface area contributed by atoms with E-state index in [1.807, 2.05) is 54.6 Å². The first kappa shape index (κ1) is 93.6. The van der Waals surface area contributed by atoms with Gasteiger partial charge < -0.3 is 46.3 Å². The number of aryl methyl sites for hydroxylation is 5. The number of aliphatic hydroxyl groups is 2. The van der Waals surface area contributed by atoms with Crippen LogP contribution in [0.3, 0.4) is 0 Å². The molecule has 702 valence electrons. The van der Waals surface area contributed by atoms with Gasteiger partial charge >= 0.3 is 11.9 Å². The van der Waals surface area contributed by atoms with E-state index in [2.05, 4.69) is 241 Å². The maximum Gasteiger partial charge on any atom is 0.330 e. The van der Waals surface area contributed by atoms with Gasteiger partial charge in [0.05, 0.1) is 58.5 Å². The van der Waals surface area contributed by atoms with E-state index in [0.717, 1.165) is 166 Å². The smallest absolute Gasteiger partial charge is 0.330 e. The normalized spacial score (nSPS) is 19.5. The molecule has 8 aliphatic carbocycles. The van der Waals surface area contributed by atoms with Crippen LogP contribution in [0.15, 0.2) is 206 Å². The first-order valence-corrected chi connectivity index (χ1v) is 49.4. The number of fused-ring (bicyclic) bond motifs is 20. The van der Waals surface area contributed by atoms with Gasteiger partial charge in [-0.15, -0.1) is 0 Å². The molecule has 16 nitrogen and oxygen atoms in total. The molecule has 13 aliphatic rings. The Morgan fingerprint density at radius 1 is 0.317 bits per heavy atom. The highest BCUT2D eigenvalue weighted by atomic mass is 16.5. The van der Waals surface area contributed by atoms with E-state index in [1.54, 1.807) is 12.2 Å². The van der Waals surface area contributed by atoms with E-state index in [0.29, 0.717) is 32.1 Å². The topological polar surface area (TPSA) is 239 Å². The highest BCUT2D eigenvalue weighted by molar-refractivity contribution is 6.17. The van der Waals surface area contributed by atoms with Crippen LogP contribution in [0.2, 0.25) is 0 Å². The van der Waals surface area contributed by atoms with Crippen LogP contribution in [0, 0.1) is 63.7 Å². The van der Waals surface area contributed by atoms with Crippen molar-refractivity contribution in [3.05, 3.63) is 345 Å². The van der Waals surface area contributed by atoms with Gasteiger partial charge in [0.15, 0.2) is 0 Å². The van der Waals surface area contributed by atoms with E-state index in [9.17, 15) is 43.8 Å². The molecule has 5 amide bonds. The van der Waals surface area contributed by atoms with Crippen LogP contribution in [0.4, 0.5) is 28.4 Å². The minimum Gasteiger partial charge on any atom is -0.466 e. The van der Waals surface area contributed by atoms with Crippen LogP contribution in [0.5, 0.6) is 0 Å². The third-order valence-electron chi connectivity index (χ3n) is 29.8. The summed E-state index contributed by atoms with van der Waals surface area (Å²) in [5, 5.41) is 35.8. The Morgan fingerprint density at radius 2 is 0.583 bits per heavy atom. The largest absolute Gasteiger partial charge is 0.466 e. The number of anilines is 5. The number of amides is 5. The van der Waals surface area contributed by atoms with Gasteiger partial charge in [0.2, 0.25) is 29.5 Å². The fourth-order valence-electron chi connectivity index (χ4n) is 22.4. The number of carbonyl (C=O) groups is 7. The number of esters is 2. The Morgan fingerprint density at radius 3 is 0.871 bits per heavy atom. The molecule has 0 spiro atoms. The lowest BCUT2D eigenvalue weighted by Gasteiger charge is -2.27. The third kappa shape index (κ3) is 20.6. The summed E-state index contributed by atoms with van der Waals surface area (Å²) < 4.78 is 9.30. The van der Waals surface area contributed by atoms with Gasteiger partial charge in [0.25, 0.3) is 0 Å². The highest BCUT2D eigenvalue weighted by Crippen LogP contribution is 2.52. The first-order chi connectivity index (χ1) is 67.3. The fourth-order valence-corrected chi connectivity index (χ4v) is 22.4. The van der Waals surface area contributed by atoms with Crippen molar-refractivity contribution in [1.82, 2.24) is 0 Å². The van der Waals surface area contributed by atoms with Crippen molar-refractivity contribution in [1.29, 1.82) is 0 Å². The Labute approximate surface area is 814 Å². The number of ether oxygens (including phenoxy) is 2. The van der Waals surface area contributed by atoms with Crippen molar-refractivity contribution < 1.29 is 53.2 Å². The number of hydrogen-bond acceptors (Lipinski definition) is 11. The van der Waals surface area contributed by atoms with Crippen molar-refractivity contribution >= 4 is 150 Å². The number of hydrogen-bond donors (Lipinski definition) is 7. The second kappa shape index (κ2) is 40.4. The van der Waals surface area contributed by atoms with Gasteiger partial charge in [-0.1, -0.05) is 224 Å². The molecular formula is C123H119N5O11. The second-order valence-electron chi connectivity index (χ2n) is 39.9. The van der Waals surface area contributed by atoms with Gasteiger partial charge in [0.1, 0.15) is 0 Å². The molecule has 5 heterocycles. The molecule has 16 heteroatoms. The number of carbonyl (C=O) groups excluding carboxylic acids is 7. The molecule has 10 aromatic carbocycles. The Hall–Kier alpha value is -14.4. The number of methoxy groups -OCH3 is 2. The van der Waals surface area contributed by atoms with Crippen molar-refractivity contribution in [2.45, 2.75) is 201 Å². The summed E-state index contributed by atoms with van der Waals surface area (Å²) in [4.78, 5) is 85.2. The maximum atomic E-state index is 12.6. The van der Waals surface area contributed by atoms with Gasteiger partial charge in [-0.3, -0.25) is 24.0 Å². The predicted molar refractivity (Wildman–Crippen MR) is 561 cm³/mol. The lowest BCUT2D eigenvalue weighted by Crippen LogP contribution is -2.22. The molecule has 139 heavy (non-hydrogen) atoms. The number of benzene rings is 10. The predicted octanol–water partition coefficient (Wildman–Crippen LogP) is 24.8. The number of nitrogens with one attached hydrogen (secondary N) is 5. The van der Waals surface area contributed by atoms with E-state index in [-0.39, 0.29) is 59.0 Å². The Kier molecular flexibility index (Phi) is 27.2. The maximum absolute atomic E-state index is 12.6. The summed E-state index contributed by atoms with van der Waals surface area (Å²) in [5.74, 6) is 6.93. The SMILES string of the molecule is COC(=O)/C=C/c1ccc2c(c1)C1=C(CC(=O)N2)c2cc(C)ccc2C1.COC(=O)/C=C\c1ccc2c(c1)C1=C(CC(=O)N2)c2cc(C)ccc2C1.Cc1ccc2c(c1)C1=C(C2)c2cc(/C=C/C3CCCCC3O)ccc2NC(=O)C1.Cc1ccc2c(c1)C1=C(C2)c2cc(/C=C\C3CCCCC3O)ccc2NC(=O)C1.Cc1ccc2c(c1)C1=C(C2)c2cc(C#CC3(C)CCCCC3)ccc2NC(=O)C1. The molecule has 0 aromatic heterocycles. The van der Waals surface area contributed by atoms with Crippen LogP contribution in [-0.4, -0.2) is 78.1 Å². The Bertz CT molecular complexity index is 6820. The lowest BCUT2D eigenvalue weighted by atomic mass is 9.76. The fraction of sp³-hybridized carbons (Fsp3) is 0.293. The van der Waals surface area contributed by atoms with E-state index >= 15 is 0 Å². The Balaban J connectivity index is 0.000000111. The molecule has 4 atom stereocenters. The summed E-state index contributed by atoms with van der Waals surface area (Å²) in [6.45, 7) is 12.8. The quantitative estimate of drug-likeness (QED) is 0.0429. The van der Waals surface area contributed by atoms with Gasteiger partial charge in [-0.25, -0.2) is 9.59 Å². The summed E-state index contributed by atoms with van der Waals surface area (Å²) in [5.41, 5.74) is 45.6. The number of rotatable bonds is 8. The van der Waals surface area contributed by atoms with Crippen molar-refractivity contribution in [2.75, 3.05) is 40.8 Å². The molecule has 5 aliphatic heterocycles. The first-order valence-electron chi connectivity index (χ1n) is 49.4. The molecule has 0 saturated heterocycles. The summed E-state index contributed by atoms with van der Waals surface area (Å²) >= 11 is 0.